The minimum Gasteiger partial charge on any atom is -0.309 e. The number of rotatable bonds is 15. The lowest BCUT2D eigenvalue weighted by Crippen LogP contribution is -2.39. The van der Waals surface area contributed by atoms with Crippen molar-refractivity contribution in [3.05, 3.63) is 58.7 Å². The standard InChI is InChI=1S/C37H59N3/c1-30-16-18-32-33-19-17-31(36(2)22-26-40(7)27-23-36)29-35(33)37(34(32)28-30,20-12-8-10-14-24-38(3)4)21-13-9-11-15-25-39(5)6/h16-19,28-29H,8-15,20-27H2,1-7H3. The number of piperidine rings is 1. The first-order valence-corrected chi connectivity index (χ1v) is 16.4. The molecule has 0 spiro atoms. The van der Waals surface area contributed by atoms with Crippen LogP contribution >= 0.6 is 0 Å². The summed E-state index contributed by atoms with van der Waals surface area (Å²) >= 11 is 0. The lowest BCUT2D eigenvalue weighted by atomic mass is 9.68. The van der Waals surface area contributed by atoms with Crippen LogP contribution in [0.2, 0.25) is 0 Å². The maximum atomic E-state index is 2.70. The van der Waals surface area contributed by atoms with Crippen LogP contribution in [0.5, 0.6) is 0 Å². The van der Waals surface area contributed by atoms with Gasteiger partial charge in [0.25, 0.3) is 0 Å². The van der Waals surface area contributed by atoms with Crippen LogP contribution in [-0.4, -0.2) is 76.1 Å². The predicted molar refractivity (Wildman–Crippen MR) is 175 cm³/mol. The Labute approximate surface area is 247 Å². The molecule has 222 valence electrons. The van der Waals surface area contributed by atoms with Crippen molar-refractivity contribution in [1.29, 1.82) is 0 Å². The van der Waals surface area contributed by atoms with Crippen LogP contribution in [0, 0.1) is 6.92 Å². The first-order chi connectivity index (χ1) is 19.1. The summed E-state index contributed by atoms with van der Waals surface area (Å²) in [5.74, 6) is 0. The summed E-state index contributed by atoms with van der Waals surface area (Å²) in [6.07, 6.45) is 15.8. The maximum absolute atomic E-state index is 2.70. The fraction of sp³-hybridized carbons (Fsp3) is 0.676. The number of likely N-dealkylation sites (tertiary alicyclic amines) is 1. The first-order valence-electron chi connectivity index (χ1n) is 16.4. The van der Waals surface area contributed by atoms with Crippen LogP contribution in [0.1, 0.15) is 106 Å². The molecule has 0 amide bonds. The van der Waals surface area contributed by atoms with Crippen molar-refractivity contribution in [3.8, 4) is 11.1 Å². The Morgan fingerprint density at radius 2 is 1.18 bits per heavy atom. The number of fused-ring (bicyclic) bond motifs is 3. The Bertz CT molecular complexity index is 1060. The van der Waals surface area contributed by atoms with Gasteiger partial charge < -0.3 is 14.7 Å². The van der Waals surface area contributed by atoms with E-state index in [0.29, 0.717) is 0 Å². The van der Waals surface area contributed by atoms with E-state index in [4.69, 9.17) is 0 Å². The van der Waals surface area contributed by atoms with Crippen molar-refractivity contribution < 1.29 is 0 Å². The van der Waals surface area contributed by atoms with Gasteiger partial charge in [-0.15, -0.1) is 0 Å². The minimum atomic E-state index is 0.164. The summed E-state index contributed by atoms with van der Waals surface area (Å²) in [5.41, 5.74) is 9.78. The summed E-state index contributed by atoms with van der Waals surface area (Å²) in [6.45, 7) is 9.66. The highest BCUT2D eigenvalue weighted by Crippen LogP contribution is 2.55. The molecule has 0 radical (unpaired) electrons. The zero-order valence-electron chi connectivity index (χ0n) is 27.1. The van der Waals surface area contributed by atoms with E-state index in [0.717, 1.165) is 0 Å². The van der Waals surface area contributed by atoms with Crippen LogP contribution in [0.25, 0.3) is 11.1 Å². The van der Waals surface area contributed by atoms with Crippen LogP contribution in [0.3, 0.4) is 0 Å². The smallest absolute Gasteiger partial charge is 0.0215 e. The molecular formula is C37H59N3. The van der Waals surface area contributed by atoms with E-state index in [-0.39, 0.29) is 10.8 Å². The third-order valence-electron chi connectivity index (χ3n) is 10.2. The fourth-order valence-corrected chi connectivity index (χ4v) is 7.47. The zero-order valence-corrected chi connectivity index (χ0v) is 27.1. The number of nitrogens with zero attached hydrogens (tertiary/aromatic N) is 3. The largest absolute Gasteiger partial charge is 0.309 e. The summed E-state index contributed by atoms with van der Waals surface area (Å²) in [7, 11) is 11.1. The molecule has 0 aromatic heterocycles. The molecule has 2 aromatic rings. The van der Waals surface area contributed by atoms with Gasteiger partial charge >= 0.3 is 0 Å². The van der Waals surface area contributed by atoms with Gasteiger partial charge in [-0.05, 0) is 140 Å². The minimum absolute atomic E-state index is 0.164. The summed E-state index contributed by atoms with van der Waals surface area (Å²) in [4.78, 5) is 7.16. The van der Waals surface area contributed by atoms with E-state index in [1.165, 1.54) is 120 Å². The van der Waals surface area contributed by atoms with Gasteiger partial charge in [0.1, 0.15) is 0 Å². The van der Waals surface area contributed by atoms with Gasteiger partial charge in [-0.25, -0.2) is 0 Å². The second-order valence-corrected chi connectivity index (χ2v) is 14.2. The van der Waals surface area contributed by atoms with Crippen molar-refractivity contribution in [2.75, 3.05) is 61.4 Å². The monoisotopic (exact) mass is 545 g/mol. The normalized spacial score (nSPS) is 17.9. The quantitative estimate of drug-likeness (QED) is 0.209. The highest BCUT2D eigenvalue weighted by atomic mass is 15.1. The number of aryl methyl sites for hydroxylation is 1. The van der Waals surface area contributed by atoms with Crippen molar-refractivity contribution in [1.82, 2.24) is 14.7 Å². The van der Waals surface area contributed by atoms with Crippen molar-refractivity contribution in [2.45, 2.75) is 102 Å². The van der Waals surface area contributed by atoms with Crippen molar-refractivity contribution >= 4 is 0 Å². The van der Waals surface area contributed by atoms with Gasteiger partial charge in [0.05, 0.1) is 0 Å². The van der Waals surface area contributed by atoms with Gasteiger partial charge in [-0.3, -0.25) is 0 Å². The van der Waals surface area contributed by atoms with E-state index in [9.17, 15) is 0 Å². The van der Waals surface area contributed by atoms with E-state index in [1.807, 2.05) is 0 Å². The molecule has 1 heterocycles. The Hall–Kier alpha value is -1.68. The Morgan fingerprint density at radius 3 is 1.73 bits per heavy atom. The molecule has 1 saturated heterocycles. The van der Waals surface area contributed by atoms with E-state index < -0.39 is 0 Å². The lowest BCUT2D eigenvalue weighted by molar-refractivity contribution is 0.200. The van der Waals surface area contributed by atoms with Gasteiger partial charge in [0.15, 0.2) is 0 Å². The van der Waals surface area contributed by atoms with Gasteiger partial charge in [-0.2, -0.15) is 0 Å². The third kappa shape index (κ3) is 7.39. The second kappa shape index (κ2) is 14.0. The molecule has 4 rings (SSSR count). The van der Waals surface area contributed by atoms with Gasteiger partial charge in [-0.1, -0.05) is 87.4 Å². The van der Waals surface area contributed by atoms with Crippen LogP contribution in [0.15, 0.2) is 36.4 Å². The number of unbranched alkanes of at least 4 members (excludes halogenated alkanes) is 6. The number of benzene rings is 2. The predicted octanol–water partition coefficient (Wildman–Crippen LogP) is 8.27. The zero-order chi connectivity index (χ0) is 28.8. The molecule has 1 aliphatic carbocycles. The molecule has 3 heteroatoms. The lowest BCUT2D eigenvalue weighted by Gasteiger charge is -2.39. The summed E-state index contributed by atoms with van der Waals surface area (Å²) in [6, 6.07) is 15.0. The molecule has 40 heavy (non-hydrogen) atoms. The van der Waals surface area contributed by atoms with E-state index in [2.05, 4.69) is 100 Å². The summed E-state index contributed by atoms with van der Waals surface area (Å²) < 4.78 is 0. The molecular weight excluding hydrogens is 486 g/mol. The molecule has 1 fully saturated rings. The SMILES string of the molecule is Cc1ccc2c(c1)C(CCCCCCN(C)C)(CCCCCCN(C)C)c1cc(C3(C)CCN(C)CC3)ccc1-2. The van der Waals surface area contributed by atoms with E-state index >= 15 is 0 Å². The molecule has 2 aliphatic rings. The first kappa shape index (κ1) is 31.3. The molecule has 0 atom stereocenters. The maximum Gasteiger partial charge on any atom is 0.0215 e. The van der Waals surface area contributed by atoms with Crippen LogP contribution in [0.4, 0.5) is 0 Å². The molecule has 0 unspecified atom stereocenters. The number of hydrogen-bond donors (Lipinski definition) is 0. The molecule has 3 nitrogen and oxygen atoms in total. The van der Waals surface area contributed by atoms with Crippen LogP contribution in [-0.2, 0) is 10.8 Å². The fourth-order valence-electron chi connectivity index (χ4n) is 7.47. The Balaban J connectivity index is 1.64. The van der Waals surface area contributed by atoms with Crippen LogP contribution < -0.4 is 0 Å². The average Bonchev–Trinajstić information content (AvgIpc) is 3.18. The molecule has 1 aliphatic heterocycles. The van der Waals surface area contributed by atoms with Gasteiger partial charge in [0, 0.05) is 5.41 Å². The Kier molecular flexibility index (Phi) is 10.9. The molecule has 2 aromatic carbocycles. The highest BCUT2D eigenvalue weighted by molar-refractivity contribution is 5.82. The van der Waals surface area contributed by atoms with Gasteiger partial charge in [0.2, 0.25) is 0 Å². The third-order valence-corrected chi connectivity index (χ3v) is 10.2. The molecule has 0 N–H and O–H groups in total. The average molecular weight is 546 g/mol. The Morgan fingerprint density at radius 1 is 0.675 bits per heavy atom. The van der Waals surface area contributed by atoms with E-state index in [1.54, 1.807) is 16.7 Å². The van der Waals surface area contributed by atoms with Crippen molar-refractivity contribution in [3.63, 3.8) is 0 Å². The van der Waals surface area contributed by atoms with Crippen molar-refractivity contribution in [2.24, 2.45) is 0 Å². The summed E-state index contributed by atoms with van der Waals surface area (Å²) in [5, 5.41) is 0. The number of hydrogen-bond acceptors (Lipinski definition) is 3. The topological polar surface area (TPSA) is 9.72 Å². The second-order valence-electron chi connectivity index (χ2n) is 14.2. The molecule has 0 saturated carbocycles. The highest BCUT2D eigenvalue weighted by Gasteiger charge is 2.43. The molecule has 0 bridgehead atoms.